The third-order valence-electron chi connectivity index (χ3n) is 3.81. The van der Waals surface area contributed by atoms with Crippen molar-refractivity contribution in [1.29, 1.82) is 0 Å². The number of hydrogen-bond acceptors (Lipinski definition) is 4. The molecule has 0 aliphatic carbocycles. The lowest BCUT2D eigenvalue weighted by Crippen LogP contribution is -2.46. The van der Waals surface area contributed by atoms with Crippen LogP contribution in [0.3, 0.4) is 0 Å². The van der Waals surface area contributed by atoms with E-state index >= 15 is 0 Å². The van der Waals surface area contributed by atoms with Gasteiger partial charge in [-0.3, -0.25) is 9.69 Å². The van der Waals surface area contributed by atoms with Gasteiger partial charge in [-0.25, -0.2) is 4.79 Å². The zero-order chi connectivity index (χ0) is 17.0. The Hall–Kier alpha value is -2.40. The van der Waals surface area contributed by atoms with Crippen molar-refractivity contribution in [2.45, 2.75) is 19.9 Å². The van der Waals surface area contributed by atoms with Crippen LogP contribution in [0.2, 0.25) is 0 Å². The van der Waals surface area contributed by atoms with Crippen LogP contribution in [0.4, 0.5) is 5.69 Å². The number of anilines is 1. The molecule has 0 heterocycles. The second-order valence-corrected chi connectivity index (χ2v) is 5.35. The first-order valence-electron chi connectivity index (χ1n) is 7.38. The molecule has 2 rings (SSSR count). The number of carbonyl (C=O) groups excluding carboxylic acids is 2. The molecule has 2 aromatic rings. The molecule has 1 amide bonds. The van der Waals surface area contributed by atoms with E-state index in [-0.39, 0.29) is 12.5 Å². The summed E-state index contributed by atoms with van der Waals surface area (Å²) in [6.45, 7) is 3.46. The number of carbonyl (C=O) groups is 2. The van der Waals surface area contributed by atoms with Gasteiger partial charge >= 0.3 is 5.97 Å². The predicted molar refractivity (Wildman–Crippen MR) is 89.5 cm³/mol. The number of ether oxygens (including phenoxy) is 2. The van der Waals surface area contributed by atoms with Crippen molar-refractivity contribution in [1.82, 2.24) is 0 Å². The SMILES string of the molecule is COCC(=O)N(c1c(C)ccc2ccccc12)C(C)C(=O)OC. The minimum Gasteiger partial charge on any atom is -0.467 e. The molecule has 122 valence electrons. The molecule has 0 radical (unpaired) electrons. The second-order valence-electron chi connectivity index (χ2n) is 5.35. The van der Waals surface area contributed by atoms with Gasteiger partial charge in [0.15, 0.2) is 0 Å². The van der Waals surface area contributed by atoms with Crippen LogP contribution in [0.1, 0.15) is 12.5 Å². The number of benzene rings is 2. The second kappa shape index (κ2) is 7.24. The van der Waals surface area contributed by atoms with Crippen molar-refractivity contribution in [2.75, 3.05) is 25.7 Å². The van der Waals surface area contributed by atoms with E-state index in [0.29, 0.717) is 5.69 Å². The highest BCUT2D eigenvalue weighted by Gasteiger charge is 2.30. The molecule has 5 nitrogen and oxygen atoms in total. The van der Waals surface area contributed by atoms with Crippen LogP contribution in [0.5, 0.6) is 0 Å². The largest absolute Gasteiger partial charge is 0.467 e. The highest BCUT2D eigenvalue weighted by Crippen LogP contribution is 2.32. The molecule has 2 aromatic carbocycles. The molecule has 0 aliphatic rings. The summed E-state index contributed by atoms with van der Waals surface area (Å²) in [5.41, 5.74) is 1.62. The van der Waals surface area contributed by atoms with Crippen molar-refractivity contribution in [3.63, 3.8) is 0 Å². The van der Waals surface area contributed by atoms with Crippen molar-refractivity contribution in [3.8, 4) is 0 Å². The van der Waals surface area contributed by atoms with Gasteiger partial charge < -0.3 is 9.47 Å². The zero-order valence-electron chi connectivity index (χ0n) is 13.8. The Bertz CT molecular complexity index is 726. The van der Waals surface area contributed by atoms with Crippen molar-refractivity contribution >= 4 is 28.3 Å². The topological polar surface area (TPSA) is 55.8 Å². The first-order chi connectivity index (χ1) is 11.0. The molecule has 0 saturated carbocycles. The molecular weight excluding hydrogens is 294 g/mol. The molecule has 0 N–H and O–H groups in total. The number of methoxy groups -OCH3 is 2. The van der Waals surface area contributed by atoms with E-state index in [4.69, 9.17) is 9.47 Å². The lowest BCUT2D eigenvalue weighted by molar-refractivity contribution is -0.143. The average molecular weight is 315 g/mol. The average Bonchev–Trinajstić information content (AvgIpc) is 2.56. The fourth-order valence-electron chi connectivity index (χ4n) is 2.69. The molecule has 0 saturated heterocycles. The Morgan fingerprint density at radius 2 is 1.83 bits per heavy atom. The van der Waals surface area contributed by atoms with Crippen LogP contribution >= 0.6 is 0 Å². The van der Waals surface area contributed by atoms with Crippen molar-refractivity contribution in [3.05, 3.63) is 42.0 Å². The fourth-order valence-corrected chi connectivity index (χ4v) is 2.69. The zero-order valence-corrected chi connectivity index (χ0v) is 13.8. The molecule has 1 atom stereocenters. The Kier molecular flexibility index (Phi) is 5.34. The minimum atomic E-state index is -0.743. The summed E-state index contributed by atoms with van der Waals surface area (Å²) in [7, 11) is 2.77. The molecule has 1 unspecified atom stereocenters. The van der Waals surface area contributed by atoms with E-state index in [2.05, 4.69) is 0 Å². The maximum atomic E-state index is 12.6. The Labute approximate surface area is 135 Å². The summed E-state index contributed by atoms with van der Waals surface area (Å²) >= 11 is 0. The van der Waals surface area contributed by atoms with Gasteiger partial charge in [0, 0.05) is 12.5 Å². The molecular formula is C18H21NO4. The van der Waals surface area contributed by atoms with Crippen LogP contribution < -0.4 is 4.90 Å². The van der Waals surface area contributed by atoms with Gasteiger partial charge in [0.1, 0.15) is 12.6 Å². The molecule has 0 aromatic heterocycles. The lowest BCUT2D eigenvalue weighted by atomic mass is 10.0. The number of aryl methyl sites for hydroxylation is 1. The summed E-state index contributed by atoms with van der Waals surface area (Å²) in [4.78, 5) is 26.1. The van der Waals surface area contributed by atoms with E-state index in [1.807, 2.05) is 43.3 Å². The number of amides is 1. The van der Waals surface area contributed by atoms with E-state index in [1.165, 1.54) is 19.1 Å². The predicted octanol–water partition coefficient (Wildman–Crippen LogP) is 2.69. The van der Waals surface area contributed by atoms with Crippen molar-refractivity contribution < 1.29 is 19.1 Å². The maximum absolute atomic E-state index is 12.6. The van der Waals surface area contributed by atoms with Gasteiger partial charge in [0.25, 0.3) is 5.91 Å². The molecule has 0 spiro atoms. The van der Waals surface area contributed by atoms with E-state index in [9.17, 15) is 9.59 Å². The van der Waals surface area contributed by atoms with Crippen LogP contribution in [-0.2, 0) is 19.1 Å². The lowest BCUT2D eigenvalue weighted by Gasteiger charge is -2.30. The minimum absolute atomic E-state index is 0.107. The molecule has 0 bridgehead atoms. The van der Waals surface area contributed by atoms with Crippen LogP contribution in [-0.4, -0.2) is 38.7 Å². The highest BCUT2D eigenvalue weighted by molar-refractivity contribution is 6.08. The Balaban J connectivity index is 2.66. The van der Waals surface area contributed by atoms with E-state index in [1.54, 1.807) is 6.92 Å². The highest BCUT2D eigenvalue weighted by atomic mass is 16.5. The quantitative estimate of drug-likeness (QED) is 0.796. The normalized spacial score (nSPS) is 12.0. The van der Waals surface area contributed by atoms with Crippen molar-refractivity contribution in [2.24, 2.45) is 0 Å². The number of rotatable bonds is 5. The Morgan fingerprint density at radius 3 is 2.48 bits per heavy atom. The summed E-state index contributed by atoms with van der Waals surface area (Å²) in [5, 5.41) is 1.91. The van der Waals surface area contributed by atoms with E-state index in [0.717, 1.165) is 16.3 Å². The number of esters is 1. The first kappa shape index (κ1) is 17.0. The number of hydrogen-bond donors (Lipinski definition) is 0. The van der Waals surface area contributed by atoms with Gasteiger partial charge in [-0.15, -0.1) is 0 Å². The third kappa shape index (κ3) is 3.35. The van der Waals surface area contributed by atoms with Gasteiger partial charge in [-0.05, 0) is 24.8 Å². The summed E-state index contributed by atoms with van der Waals surface area (Å²) in [5.74, 6) is -0.758. The monoisotopic (exact) mass is 315 g/mol. The summed E-state index contributed by atoms with van der Waals surface area (Å²) in [6, 6.07) is 11.0. The van der Waals surface area contributed by atoms with Crippen LogP contribution in [0.25, 0.3) is 10.8 Å². The molecule has 0 aliphatic heterocycles. The van der Waals surface area contributed by atoms with Gasteiger partial charge in [0.2, 0.25) is 0 Å². The van der Waals surface area contributed by atoms with Gasteiger partial charge in [-0.2, -0.15) is 0 Å². The maximum Gasteiger partial charge on any atom is 0.328 e. The standard InChI is InChI=1S/C18H21NO4/c1-12-9-10-14-7-5-6-8-15(14)17(12)19(16(20)11-22-3)13(2)18(21)23-4/h5-10,13H,11H2,1-4H3. The Morgan fingerprint density at radius 1 is 1.13 bits per heavy atom. The van der Waals surface area contributed by atoms with E-state index < -0.39 is 12.0 Å². The van der Waals surface area contributed by atoms with Crippen LogP contribution in [0, 0.1) is 6.92 Å². The third-order valence-corrected chi connectivity index (χ3v) is 3.81. The molecule has 5 heteroatoms. The first-order valence-corrected chi connectivity index (χ1v) is 7.38. The fraction of sp³-hybridized carbons (Fsp3) is 0.333. The van der Waals surface area contributed by atoms with Gasteiger partial charge in [0.05, 0.1) is 12.8 Å². The summed E-state index contributed by atoms with van der Waals surface area (Å²) < 4.78 is 9.80. The summed E-state index contributed by atoms with van der Waals surface area (Å²) in [6.07, 6.45) is 0. The smallest absolute Gasteiger partial charge is 0.328 e. The molecule has 23 heavy (non-hydrogen) atoms. The number of fused-ring (bicyclic) bond motifs is 1. The molecule has 0 fully saturated rings. The van der Waals surface area contributed by atoms with Crippen LogP contribution in [0.15, 0.2) is 36.4 Å². The van der Waals surface area contributed by atoms with Gasteiger partial charge in [-0.1, -0.05) is 36.4 Å². The number of nitrogens with zero attached hydrogens (tertiary/aromatic N) is 1.